The van der Waals surface area contributed by atoms with Crippen LogP contribution in [0.1, 0.15) is 22.9 Å². The lowest BCUT2D eigenvalue weighted by molar-refractivity contribution is 0.674. The molecule has 50 heavy (non-hydrogen) atoms. The molecule has 2 aromatic heterocycles. The molecule has 0 aliphatic carbocycles. The predicted molar refractivity (Wildman–Crippen MR) is 211 cm³/mol. The lowest BCUT2D eigenvalue weighted by Crippen LogP contribution is -2.33. The molecule has 1 aliphatic rings. The average molecular weight is 659 g/mol. The number of amidine groups is 2. The Labute approximate surface area is 293 Å². The first-order valence-corrected chi connectivity index (χ1v) is 17.7. The average Bonchev–Trinajstić information content (AvgIpc) is 3.75. The van der Waals surface area contributed by atoms with Gasteiger partial charge in [-0.15, -0.1) is 11.3 Å². The van der Waals surface area contributed by atoms with Gasteiger partial charge in [-0.05, 0) is 41.5 Å². The molecule has 1 aliphatic heterocycles. The summed E-state index contributed by atoms with van der Waals surface area (Å²) < 4.78 is 4.85. The van der Waals surface area contributed by atoms with Crippen LogP contribution < -0.4 is 5.32 Å². The zero-order valence-corrected chi connectivity index (χ0v) is 27.8. The second kappa shape index (κ2) is 11.7. The molecule has 5 heteroatoms. The molecule has 1 N–H and O–H groups in total. The highest BCUT2D eigenvalue weighted by Crippen LogP contribution is 2.45. The van der Waals surface area contributed by atoms with Gasteiger partial charge in [0.25, 0.3) is 0 Å². The van der Waals surface area contributed by atoms with Crippen LogP contribution in [-0.4, -0.2) is 16.2 Å². The maximum Gasteiger partial charge on any atom is 0.160 e. The SMILES string of the molecule is c1ccc(C2=NC(c3cccc4c3sc3cccc(-c5cccc6c7ccccc7n(-c7ccccc7)c56)c34)=NC(c3ccccc3)N2)cc1. The van der Waals surface area contributed by atoms with E-state index >= 15 is 0 Å². The third-order valence-corrected chi connectivity index (χ3v) is 10.9. The molecule has 9 aromatic rings. The number of thiophene rings is 1. The fraction of sp³-hybridized carbons (Fsp3) is 0.0222. The molecule has 7 aromatic carbocycles. The Kier molecular flexibility index (Phi) is 6.71. The van der Waals surface area contributed by atoms with Gasteiger partial charge in [-0.25, -0.2) is 9.98 Å². The molecule has 0 radical (unpaired) electrons. The molecular weight excluding hydrogens is 629 g/mol. The van der Waals surface area contributed by atoms with Crippen LogP contribution in [0.4, 0.5) is 0 Å². The number of fused-ring (bicyclic) bond motifs is 6. The number of hydrogen-bond donors (Lipinski definition) is 1. The number of para-hydroxylation sites is 3. The zero-order valence-electron chi connectivity index (χ0n) is 27.0. The van der Waals surface area contributed by atoms with E-state index < -0.39 is 0 Å². The standard InChI is InChI=1S/C45H30N4S/c1-4-15-29(16-5-1)43-46-44(30-17-6-2-7-18-30)48-45(47-43)37-26-13-25-36-40-33(22-14-28-39(40)50-42(36)37)35-24-12-23-34-32-21-10-11-27-38(32)49(41(34)35)31-19-8-3-9-20-31/h1-28,43H,(H,46,47,48). The number of benzene rings is 7. The van der Waals surface area contributed by atoms with E-state index in [-0.39, 0.29) is 6.17 Å². The highest BCUT2D eigenvalue weighted by atomic mass is 32.1. The Morgan fingerprint density at radius 1 is 0.540 bits per heavy atom. The lowest BCUT2D eigenvalue weighted by Gasteiger charge is -2.23. The van der Waals surface area contributed by atoms with Crippen LogP contribution in [0.3, 0.4) is 0 Å². The first kappa shape index (κ1) is 28.7. The van der Waals surface area contributed by atoms with E-state index in [0.29, 0.717) is 0 Å². The first-order valence-electron chi connectivity index (χ1n) is 16.9. The van der Waals surface area contributed by atoms with Crippen LogP contribution in [-0.2, 0) is 0 Å². The summed E-state index contributed by atoms with van der Waals surface area (Å²) in [7, 11) is 0. The van der Waals surface area contributed by atoms with Crippen LogP contribution >= 0.6 is 11.3 Å². The van der Waals surface area contributed by atoms with Crippen molar-refractivity contribution in [3.8, 4) is 16.8 Å². The van der Waals surface area contributed by atoms with Gasteiger partial charge in [-0.2, -0.15) is 0 Å². The first-order chi connectivity index (χ1) is 24.8. The van der Waals surface area contributed by atoms with Crippen LogP contribution in [0.5, 0.6) is 0 Å². The van der Waals surface area contributed by atoms with Crippen molar-refractivity contribution in [1.82, 2.24) is 9.88 Å². The smallest absolute Gasteiger partial charge is 0.160 e. The zero-order chi connectivity index (χ0) is 33.0. The maximum absolute atomic E-state index is 5.23. The predicted octanol–water partition coefficient (Wildman–Crippen LogP) is 11.3. The van der Waals surface area contributed by atoms with Crippen molar-refractivity contribution in [1.29, 1.82) is 0 Å². The summed E-state index contributed by atoms with van der Waals surface area (Å²) in [5.74, 6) is 1.56. The normalized spacial score (nSPS) is 14.6. The van der Waals surface area contributed by atoms with Gasteiger partial charge in [-0.1, -0.05) is 140 Å². The van der Waals surface area contributed by atoms with E-state index in [1.807, 2.05) is 23.5 Å². The van der Waals surface area contributed by atoms with Gasteiger partial charge in [0, 0.05) is 53.3 Å². The molecule has 0 saturated heterocycles. The fourth-order valence-electron chi connectivity index (χ4n) is 7.45. The molecule has 1 unspecified atom stereocenters. The molecule has 0 saturated carbocycles. The molecule has 0 bridgehead atoms. The van der Waals surface area contributed by atoms with E-state index in [1.54, 1.807) is 0 Å². The quantitative estimate of drug-likeness (QED) is 0.196. The lowest BCUT2D eigenvalue weighted by atomic mass is 9.96. The van der Waals surface area contributed by atoms with Gasteiger partial charge >= 0.3 is 0 Å². The minimum absolute atomic E-state index is 0.253. The fourth-order valence-corrected chi connectivity index (χ4v) is 8.69. The minimum atomic E-state index is -0.253. The largest absolute Gasteiger partial charge is 0.344 e. The topological polar surface area (TPSA) is 41.7 Å². The number of nitrogens with one attached hydrogen (secondary N) is 1. The number of aromatic nitrogens is 1. The van der Waals surface area contributed by atoms with Gasteiger partial charge in [0.2, 0.25) is 0 Å². The van der Waals surface area contributed by atoms with Crippen LogP contribution in [0.25, 0.3) is 58.8 Å². The minimum Gasteiger partial charge on any atom is -0.344 e. The van der Waals surface area contributed by atoms with E-state index in [0.717, 1.165) is 34.0 Å². The number of aliphatic imine (C=N–C) groups is 2. The van der Waals surface area contributed by atoms with Crippen LogP contribution in [0, 0.1) is 0 Å². The van der Waals surface area contributed by atoms with Crippen molar-refractivity contribution in [3.05, 3.63) is 187 Å². The molecular formula is C45H30N4S. The summed E-state index contributed by atoms with van der Waals surface area (Å²) in [6, 6.07) is 60.2. The van der Waals surface area contributed by atoms with Crippen LogP contribution in [0.2, 0.25) is 0 Å². The summed E-state index contributed by atoms with van der Waals surface area (Å²) in [4.78, 5) is 10.4. The Hall–Kier alpha value is -6.30. The van der Waals surface area contributed by atoms with E-state index in [4.69, 9.17) is 9.98 Å². The van der Waals surface area contributed by atoms with E-state index in [9.17, 15) is 0 Å². The van der Waals surface area contributed by atoms with Gasteiger partial charge < -0.3 is 9.88 Å². The third kappa shape index (κ3) is 4.59. The molecule has 4 nitrogen and oxygen atoms in total. The monoisotopic (exact) mass is 658 g/mol. The summed E-state index contributed by atoms with van der Waals surface area (Å²) in [6.07, 6.45) is -0.253. The van der Waals surface area contributed by atoms with Crippen molar-refractivity contribution >= 4 is 65.0 Å². The number of nitrogens with zero attached hydrogens (tertiary/aromatic N) is 3. The number of hydrogen-bond acceptors (Lipinski definition) is 4. The third-order valence-electron chi connectivity index (χ3n) is 9.67. The second-order valence-corrected chi connectivity index (χ2v) is 13.6. The van der Waals surface area contributed by atoms with Crippen molar-refractivity contribution in [2.45, 2.75) is 6.17 Å². The maximum atomic E-state index is 5.23. The van der Waals surface area contributed by atoms with Gasteiger partial charge in [0.1, 0.15) is 12.0 Å². The van der Waals surface area contributed by atoms with Crippen molar-refractivity contribution in [2.75, 3.05) is 0 Å². The molecule has 1 atom stereocenters. The Balaban J connectivity index is 1.21. The summed E-state index contributed by atoms with van der Waals surface area (Å²) in [6.45, 7) is 0. The molecule has 3 heterocycles. The van der Waals surface area contributed by atoms with E-state index in [1.165, 1.54) is 53.1 Å². The Bertz CT molecular complexity index is 2780. The summed E-state index contributed by atoms with van der Waals surface area (Å²) in [5.41, 5.74) is 9.19. The number of rotatable bonds is 5. The molecule has 10 rings (SSSR count). The second-order valence-electron chi connectivity index (χ2n) is 12.6. The van der Waals surface area contributed by atoms with Gasteiger partial charge in [0.15, 0.2) is 5.84 Å². The van der Waals surface area contributed by atoms with Crippen LogP contribution in [0.15, 0.2) is 180 Å². The van der Waals surface area contributed by atoms with Crippen molar-refractivity contribution in [2.24, 2.45) is 9.98 Å². The van der Waals surface area contributed by atoms with E-state index in [2.05, 4.69) is 168 Å². The Morgan fingerprint density at radius 2 is 1.18 bits per heavy atom. The Morgan fingerprint density at radius 3 is 2.00 bits per heavy atom. The van der Waals surface area contributed by atoms with Gasteiger partial charge in [0.05, 0.1) is 11.0 Å². The molecule has 236 valence electrons. The summed E-state index contributed by atoms with van der Waals surface area (Å²) >= 11 is 1.82. The summed E-state index contributed by atoms with van der Waals surface area (Å²) in [5, 5.41) is 8.57. The molecule has 0 spiro atoms. The molecule has 0 fully saturated rings. The van der Waals surface area contributed by atoms with Gasteiger partial charge in [-0.3, -0.25) is 0 Å². The molecule has 0 amide bonds. The highest BCUT2D eigenvalue weighted by Gasteiger charge is 2.24. The highest BCUT2D eigenvalue weighted by molar-refractivity contribution is 7.26. The van der Waals surface area contributed by atoms with Crippen molar-refractivity contribution in [3.63, 3.8) is 0 Å². The van der Waals surface area contributed by atoms with Crippen molar-refractivity contribution < 1.29 is 0 Å².